The van der Waals surface area contributed by atoms with Crippen LogP contribution < -0.4 is 5.73 Å². The molecule has 0 radical (unpaired) electrons. The molecule has 2 atom stereocenters. The van der Waals surface area contributed by atoms with Crippen molar-refractivity contribution in [1.29, 1.82) is 0 Å². The first-order valence-electron chi connectivity index (χ1n) is 7.66. The number of nitrogens with zero attached hydrogens (tertiary/aromatic N) is 4. The molecule has 0 aromatic carbocycles. The smallest absolute Gasteiger partial charge is 0.228 e. The van der Waals surface area contributed by atoms with Crippen molar-refractivity contribution in [3.8, 4) is 0 Å². The fourth-order valence-electron chi connectivity index (χ4n) is 3.26. The number of rotatable bonds is 5. The van der Waals surface area contributed by atoms with E-state index in [0.717, 1.165) is 31.9 Å². The Bertz CT molecular complexity index is 439. The minimum absolute atomic E-state index is 0.107. The van der Waals surface area contributed by atoms with Gasteiger partial charge in [-0.2, -0.15) is 4.98 Å². The maximum Gasteiger partial charge on any atom is 0.228 e. The lowest BCUT2D eigenvalue weighted by Gasteiger charge is -2.46. The van der Waals surface area contributed by atoms with E-state index >= 15 is 0 Å². The molecule has 0 saturated carbocycles. The molecule has 6 heteroatoms. The zero-order valence-corrected chi connectivity index (χ0v) is 12.5. The van der Waals surface area contributed by atoms with Crippen LogP contribution in [0.3, 0.4) is 0 Å². The standard InChI is InChI=1S/C14H25N5O/c1-10(2)7-11(15)8-13-16-14(17-20-13)12-9-18-3-5-19(12)6-4-18/h10-12H,3-9,15H2,1-2H3. The van der Waals surface area contributed by atoms with Gasteiger partial charge in [0.2, 0.25) is 5.89 Å². The lowest BCUT2D eigenvalue weighted by Crippen LogP contribution is -2.57. The lowest BCUT2D eigenvalue weighted by atomic mass is 10.0. The Morgan fingerprint density at radius 3 is 2.65 bits per heavy atom. The topological polar surface area (TPSA) is 71.4 Å². The summed E-state index contributed by atoms with van der Waals surface area (Å²) in [5.41, 5.74) is 6.11. The second-order valence-corrected chi connectivity index (χ2v) is 6.49. The number of hydrogen-bond acceptors (Lipinski definition) is 6. The third-order valence-corrected chi connectivity index (χ3v) is 4.27. The highest BCUT2D eigenvalue weighted by Crippen LogP contribution is 2.26. The second-order valence-electron chi connectivity index (χ2n) is 6.49. The van der Waals surface area contributed by atoms with Gasteiger partial charge in [-0.05, 0) is 12.3 Å². The number of piperazine rings is 3. The highest BCUT2D eigenvalue weighted by Gasteiger charge is 2.35. The summed E-state index contributed by atoms with van der Waals surface area (Å²) in [5.74, 6) is 2.12. The quantitative estimate of drug-likeness (QED) is 0.853. The zero-order valence-electron chi connectivity index (χ0n) is 12.5. The molecule has 3 aliphatic heterocycles. The normalized spacial score (nSPS) is 30.9. The zero-order chi connectivity index (χ0) is 14.1. The molecule has 2 unspecified atom stereocenters. The van der Waals surface area contributed by atoms with E-state index in [1.165, 1.54) is 13.1 Å². The molecular formula is C14H25N5O. The fraction of sp³-hybridized carbons (Fsp3) is 0.857. The molecule has 6 nitrogen and oxygen atoms in total. The van der Waals surface area contributed by atoms with E-state index in [1.54, 1.807) is 0 Å². The summed E-state index contributed by atoms with van der Waals surface area (Å²) in [6, 6.07) is 0.409. The van der Waals surface area contributed by atoms with E-state index in [1.807, 2.05) is 0 Å². The molecule has 20 heavy (non-hydrogen) atoms. The van der Waals surface area contributed by atoms with E-state index in [0.29, 0.717) is 24.3 Å². The van der Waals surface area contributed by atoms with Crippen molar-refractivity contribution in [2.75, 3.05) is 32.7 Å². The first-order chi connectivity index (χ1) is 9.61. The number of fused-ring (bicyclic) bond motifs is 3. The fourth-order valence-corrected chi connectivity index (χ4v) is 3.26. The summed E-state index contributed by atoms with van der Waals surface area (Å²) in [7, 11) is 0. The van der Waals surface area contributed by atoms with Gasteiger partial charge in [-0.3, -0.25) is 9.80 Å². The van der Waals surface area contributed by atoms with Crippen molar-refractivity contribution in [2.45, 2.75) is 38.8 Å². The Labute approximate surface area is 120 Å². The summed E-state index contributed by atoms with van der Waals surface area (Å²) in [6.07, 6.45) is 1.67. The molecule has 4 rings (SSSR count). The van der Waals surface area contributed by atoms with Crippen LogP contribution in [0.5, 0.6) is 0 Å². The summed E-state index contributed by atoms with van der Waals surface area (Å²) >= 11 is 0. The third kappa shape index (κ3) is 3.02. The largest absolute Gasteiger partial charge is 0.339 e. The Kier molecular flexibility index (Phi) is 4.05. The van der Waals surface area contributed by atoms with Crippen LogP contribution in [0.2, 0.25) is 0 Å². The van der Waals surface area contributed by atoms with Gasteiger partial charge in [0.1, 0.15) is 0 Å². The molecule has 1 aromatic heterocycles. The van der Waals surface area contributed by atoms with E-state index < -0.39 is 0 Å². The minimum atomic E-state index is 0.107. The molecule has 3 aliphatic rings. The van der Waals surface area contributed by atoms with Crippen molar-refractivity contribution in [1.82, 2.24) is 19.9 Å². The van der Waals surface area contributed by atoms with Gasteiger partial charge in [-0.25, -0.2) is 0 Å². The van der Waals surface area contributed by atoms with Gasteiger partial charge in [-0.1, -0.05) is 19.0 Å². The Balaban J connectivity index is 1.62. The molecule has 2 N–H and O–H groups in total. The molecule has 3 saturated heterocycles. The summed E-state index contributed by atoms with van der Waals surface area (Å²) in [5, 5.41) is 4.18. The number of hydrogen-bond donors (Lipinski definition) is 1. The maximum atomic E-state index is 6.11. The van der Waals surface area contributed by atoms with Crippen LogP contribution in [-0.4, -0.2) is 58.7 Å². The van der Waals surface area contributed by atoms with Crippen molar-refractivity contribution in [3.05, 3.63) is 11.7 Å². The van der Waals surface area contributed by atoms with Gasteiger partial charge in [0.05, 0.1) is 6.04 Å². The predicted molar refractivity (Wildman–Crippen MR) is 76.2 cm³/mol. The average molecular weight is 279 g/mol. The lowest BCUT2D eigenvalue weighted by molar-refractivity contribution is 0.00781. The van der Waals surface area contributed by atoms with Gasteiger partial charge >= 0.3 is 0 Å². The van der Waals surface area contributed by atoms with Crippen LogP contribution in [0.15, 0.2) is 4.52 Å². The highest BCUT2D eigenvalue weighted by atomic mass is 16.5. The van der Waals surface area contributed by atoms with Crippen LogP contribution >= 0.6 is 0 Å². The maximum absolute atomic E-state index is 6.11. The van der Waals surface area contributed by atoms with Crippen molar-refractivity contribution >= 4 is 0 Å². The van der Waals surface area contributed by atoms with E-state index in [2.05, 4.69) is 33.8 Å². The first kappa shape index (κ1) is 14.0. The van der Waals surface area contributed by atoms with Crippen molar-refractivity contribution in [2.24, 2.45) is 11.7 Å². The molecule has 4 heterocycles. The molecule has 0 spiro atoms. The van der Waals surface area contributed by atoms with Gasteiger partial charge in [0.25, 0.3) is 0 Å². The van der Waals surface area contributed by atoms with Crippen molar-refractivity contribution < 1.29 is 4.52 Å². The monoisotopic (exact) mass is 279 g/mol. The second kappa shape index (κ2) is 5.79. The van der Waals surface area contributed by atoms with Crippen LogP contribution in [0, 0.1) is 5.92 Å². The van der Waals surface area contributed by atoms with Crippen molar-refractivity contribution in [3.63, 3.8) is 0 Å². The molecule has 112 valence electrons. The van der Waals surface area contributed by atoms with E-state index in [-0.39, 0.29) is 6.04 Å². The predicted octanol–water partition coefficient (Wildman–Crippen LogP) is 0.658. The molecule has 1 aromatic rings. The molecule has 3 fully saturated rings. The van der Waals surface area contributed by atoms with Crippen LogP contribution in [-0.2, 0) is 6.42 Å². The van der Waals surface area contributed by atoms with E-state index in [9.17, 15) is 0 Å². The molecule has 2 bridgehead atoms. The Morgan fingerprint density at radius 2 is 2.05 bits per heavy atom. The average Bonchev–Trinajstić information content (AvgIpc) is 2.87. The van der Waals surface area contributed by atoms with Gasteiger partial charge in [0, 0.05) is 45.2 Å². The summed E-state index contributed by atoms with van der Waals surface area (Å²) < 4.78 is 5.39. The number of nitrogens with two attached hydrogens (primary N) is 1. The van der Waals surface area contributed by atoms with Crippen LogP contribution in [0.4, 0.5) is 0 Å². The Morgan fingerprint density at radius 1 is 1.30 bits per heavy atom. The molecule has 0 amide bonds. The van der Waals surface area contributed by atoms with Crippen LogP contribution in [0.1, 0.15) is 38.0 Å². The van der Waals surface area contributed by atoms with Gasteiger partial charge in [0.15, 0.2) is 5.82 Å². The Hall–Kier alpha value is -0.980. The van der Waals surface area contributed by atoms with Crippen LogP contribution in [0.25, 0.3) is 0 Å². The minimum Gasteiger partial charge on any atom is -0.339 e. The first-order valence-corrected chi connectivity index (χ1v) is 7.66. The molecular weight excluding hydrogens is 254 g/mol. The SMILES string of the molecule is CC(C)CC(N)Cc1nc(C2CN3CCN2CC3)no1. The number of aromatic nitrogens is 2. The van der Waals surface area contributed by atoms with E-state index in [4.69, 9.17) is 10.3 Å². The van der Waals surface area contributed by atoms with Gasteiger partial charge < -0.3 is 10.3 Å². The molecule has 0 aliphatic carbocycles. The third-order valence-electron chi connectivity index (χ3n) is 4.27. The highest BCUT2D eigenvalue weighted by molar-refractivity contribution is 5.02. The van der Waals surface area contributed by atoms with Gasteiger partial charge in [-0.15, -0.1) is 0 Å². The summed E-state index contributed by atoms with van der Waals surface area (Å²) in [6.45, 7) is 9.94. The summed E-state index contributed by atoms with van der Waals surface area (Å²) in [4.78, 5) is 9.51.